The molecule has 0 aliphatic rings. The summed E-state index contributed by atoms with van der Waals surface area (Å²) in [5, 5.41) is 12.5. The second kappa shape index (κ2) is 8.36. The van der Waals surface area contributed by atoms with Gasteiger partial charge >= 0.3 is 5.97 Å². The van der Waals surface area contributed by atoms with Crippen LogP contribution < -0.4 is 5.32 Å². The number of H-pyrrole nitrogens is 1. The Morgan fingerprint density at radius 3 is 2.57 bits per heavy atom. The normalized spacial score (nSPS) is 10.8. The molecule has 3 N–H and O–H groups in total. The van der Waals surface area contributed by atoms with Gasteiger partial charge in [0.25, 0.3) is 5.91 Å². The maximum atomic E-state index is 12.4. The van der Waals surface area contributed by atoms with Gasteiger partial charge in [-0.15, -0.1) is 0 Å². The highest BCUT2D eigenvalue weighted by atomic mass is 16.4. The van der Waals surface area contributed by atoms with Crippen LogP contribution in [-0.4, -0.2) is 28.5 Å². The molecule has 0 unspecified atom stereocenters. The summed E-state index contributed by atoms with van der Waals surface area (Å²) in [6, 6.07) is 7.81. The molecule has 1 aromatic heterocycles. The summed E-state index contributed by atoms with van der Waals surface area (Å²) in [5.74, 6) is -0.766. The van der Waals surface area contributed by atoms with E-state index < -0.39 is 5.97 Å². The predicted octanol–water partition coefficient (Wildman–Crippen LogP) is 3.63. The lowest BCUT2D eigenvalue weighted by molar-refractivity contribution is -0.137. The lowest BCUT2D eigenvalue weighted by Crippen LogP contribution is -2.24. The smallest absolute Gasteiger partial charge is 0.303 e. The molecule has 0 saturated heterocycles. The molecule has 0 spiro atoms. The van der Waals surface area contributed by atoms with Crippen LogP contribution in [0, 0.1) is 6.92 Å². The SMILES string of the molecule is Cc1[nH]c2ccccc2c1C(=O)NCCCCCCCC(=O)O. The number of aliphatic carboxylic acids is 1. The number of amides is 1. The zero-order chi connectivity index (χ0) is 16.7. The highest BCUT2D eigenvalue weighted by molar-refractivity contribution is 6.08. The molecule has 0 atom stereocenters. The minimum absolute atomic E-state index is 0.0363. The van der Waals surface area contributed by atoms with Crippen molar-refractivity contribution in [3.8, 4) is 0 Å². The molecule has 0 bridgehead atoms. The summed E-state index contributed by atoms with van der Waals surface area (Å²) in [6.07, 6.45) is 4.84. The van der Waals surface area contributed by atoms with E-state index >= 15 is 0 Å². The van der Waals surface area contributed by atoms with Gasteiger partial charge < -0.3 is 15.4 Å². The fraction of sp³-hybridized carbons (Fsp3) is 0.444. The number of aryl methyl sites for hydroxylation is 1. The Bertz CT molecular complexity index is 676. The monoisotopic (exact) mass is 316 g/mol. The first-order valence-electron chi connectivity index (χ1n) is 8.17. The summed E-state index contributed by atoms with van der Waals surface area (Å²) in [6.45, 7) is 2.56. The average molecular weight is 316 g/mol. The minimum Gasteiger partial charge on any atom is -0.481 e. The predicted molar refractivity (Wildman–Crippen MR) is 90.7 cm³/mol. The number of carboxylic acid groups (broad SMARTS) is 1. The van der Waals surface area contributed by atoms with Crippen LogP contribution in [0.25, 0.3) is 10.9 Å². The van der Waals surface area contributed by atoms with Crippen LogP contribution in [0.15, 0.2) is 24.3 Å². The quantitative estimate of drug-likeness (QED) is 0.618. The summed E-state index contributed by atoms with van der Waals surface area (Å²) >= 11 is 0. The molecule has 0 aliphatic carbocycles. The molecule has 0 saturated carbocycles. The van der Waals surface area contributed by atoms with Crippen LogP contribution in [0.5, 0.6) is 0 Å². The Morgan fingerprint density at radius 2 is 1.78 bits per heavy atom. The highest BCUT2D eigenvalue weighted by Gasteiger charge is 2.14. The van der Waals surface area contributed by atoms with Gasteiger partial charge in [0.15, 0.2) is 0 Å². The third-order valence-electron chi connectivity index (χ3n) is 3.97. The maximum absolute atomic E-state index is 12.4. The second-order valence-corrected chi connectivity index (χ2v) is 5.84. The van der Waals surface area contributed by atoms with Crippen molar-refractivity contribution in [3.63, 3.8) is 0 Å². The number of unbranched alkanes of at least 4 members (excludes halogenated alkanes) is 4. The molecule has 2 aromatic rings. The van der Waals surface area contributed by atoms with Crippen molar-refractivity contribution in [2.45, 2.75) is 45.4 Å². The van der Waals surface area contributed by atoms with Crippen molar-refractivity contribution >= 4 is 22.8 Å². The van der Waals surface area contributed by atoms with E-state index in [0.29, 0.717) is 6.54 Å². The van der Waals surface area contributed by atoms with Crippen molar-refractivity contribution in [2.24, 2.45) is 0 Å². The zero-order valence-electron chi connectivity index (χ0n) is 13.5. The molecule has 0 aliphatic heterocycles. The highest BCUT2D eigenvalue weighted by Crippen LogP contribution is 2.21. The molecule has 0 radical (unpaired) electrons. The molecule has 1 heterocycles. The van der Waals surface area contributed by atoms with Gasteiger partial charge in [-0.1, -0.05) is 37.5 Å². The number of para-hydroxylation sites is 1. The average Bonchev–Trinajstić information content (AvgIpc) is 2.85. The van der Waals surface area contributed by atoms with Gasteiger partial charge in [0.05, 0.1) is 5.56 Å². The van der Waals surface area contributed by atoms with Crippen molar-refractivity contribution in [3.05, 3.63) is 35.5 Å². The first kappa shape index (κ1) is 17.1. The number of carbonyl (C=O) groups excluding carboxylic acids is 1. The number of hydrogen-bond donors (Lipinski definition) is 3. The van der Waals surface area contributed by atoms with E-state index in [1.54, 1.807) is 0 Å². The van der Waals surface area contributed by atoms with Crippen molar-refractivity contribution in [2.75, 3.05) is 6.54 Å². The summed E-state index contributed by atoms with van der Waals surface area (Å²) in [5.41, 5.74) is 2.59. The largest absolute Gasteiger partial charge is 0.481 e. The van der Waals surface area contributed by atoms with Crippen molar-refractivity contribution in [1.29, 1.82) is 0 Å². The Balaban J connectivity index is 1.73. The number of rotatable bonds is 9. The number of hydrogen-bond acceptors (Lipinski definition) is 2. The van der Waals surface area contributed by atoms with Crippen molar-refractivity contribution in [1.82, 2.24) is 10.3 Å². The molecule has 5 heteroatoms. The Morgan fingerprint density at radius 1 is 1.09 bits per heavy atom. The standard InChI is InChI=1S/C18H24N2O3/c1-13-17(14-9-6-7-10-15(14)20-13)18(23)19-12-8-4-2-3-5-11-16(21)22/h6-7,9-10,20H,2-5,8,11-12H2,1H3,(H,19,23)(H,21,22). The summed E-state index contributed by atoms with van der Waals surface area (Å²) < 4.78 is 0. The topological polar surface area (TPSA) is 82.2 Å². The van der Waals surface area contributed by atoms with Crippen LogP contribution in [0.1, 0.15) is 54.6 Å². The van der Waals surface area contributed by atoms with E-state index in [9.17, 15) is 9.59 Å². The minimum atomic E-state index is -0.730. The maximum Gasteiger partial charge on any atom is 0.303 e. The van der Waals surface area contributed by atoms with E-state index in [0.717, 1.165) is 54.3 Å². The van der Waals surface area contributed by atoms with Crippen molar-refractivity contribution < 1.29 is 14.7 Å². The Labute approximate surface area is 136 Å². The fourth-order valence-electron chi connectivity index (χ4n) is 2.79. The van der Waals surface area contributed by atoms with Crippen LogP contribution in [-0.2, 0) is 4.79 Å². The molecular formula is C18H24N2O3. The lowest BCUT2D eigenvalue weighted by atomic mass is 10.1. The van der Waals surface area contributed by atoms with Crippen LogP contribution in [0.4, 0.5) is 0 Å². The fourth-order valence-corrected chi connectivity index (χ4v) is 2.79. The van der Waals surface area contributed by atoms with E-state index in [2.05, 4.69) is 10.3 Å². The zero-order valence-corrected chi connectivity index (χ0v) is 13.5. The number of fused-ring (bicyclic) bond motifs is 1. The van der Waals surface area contributed by atoms with Gasteiger partial charge in [-0.25, -0.2) is 0 Å². The van der Waals surface area contributed by atoms with Crippen LogP contribution in [0.2, 0.25) is 0 Å². The number of carboxylic acids is 1. The third kappa shape index (κ3) is 4.84. The number of benzene rings is 1. The molecule has 23 heavy (non-hydrogen) atoms. The molecule has 5 nitrogen and oxygen atoms in total. The van der Waals surface area contributed by atoms with Gasteiger partial charge in [0.1, 0.15) is 0 Å². The molecule has 0 fully saturated rings. The van der Waals surface area contributed by atoms with Gasteiger partial charge in [-0.2, -0.15) is 0 Å². The molecule has 1 aromatic carbocycles. The lowest BCUT2D eigenvalue weighted by Gasteiger charge is -2.05. The van der Waals surface area contributed by atoms with Crippen LogP contribution >= 0.6 is 0 Å². The number of aromatic nitrogens is 1. The molecule has 1 amide bonds. The van der Waals surface area contributed by atoms with E-state index in [4.69, 9.17) is 5.11 Å². The van der Waals surface area contributed by atoms with Gasteiger partial charge in [-0.05, 0) is 25.8 Å². The van der Waals surface area contributed by atoms with E-state index in [-0.39, 0.29) is 12.3 Å². The summed E-state index contributed by atoms with van der Waals surface area (Å²) in [4.78, 5) is 26.0. The van der Waals surface area contributed by atoms with Gasteiger partial charge in [0, 0.05) is 29.6 Å². The van der Waals surface area contributed by atoms with Gasteiger partial charge in [-0.3, -0.25) is 9.59 Å². The molecular weight excluding hydrogens is 292 g/mol. The number of aromatic amines is 1. The number of nitrogens with one attached hydrogen (secondary N) is 2. The van der Waals surface area contributed by atoms with Crippen LogP contribution in [0.3, 0.4) is 0 Å². The summed E-state index contributed by atoms with van der Waals surface area (Å²) in [7, 11) is 0. The van der Waals surface area contributed by atoms with E-state index in [1.165, 1.54) is 0 Å². The Kier molecular flexibility index (Phi) is 6.20. The Hall–Kier alpha value is -2.30. The molecule has 2 rings (SSSR count). The third-order valence-corrected chi connectivity index (χ3v) is 3.97. The number of carbonyl (C=O) groups is 2. The first-order chi connectivity index (χ1) is 11.1. The first-order valence-corrected chi connectivity index (χ1v) is 8.17. The second-order valence-electron chi connectivity index (χ2n) is 5.84. The molecule has 124 valence electrons. The van der Waals surface area contributed by atoms with E-state index in [1.807, 2.05) is 31.2 Å². The van der Waals surface area contributed by atoms with Gasteiger partial charge in [0.2, 0.25) is 0 Å².